The van der Waals surface area contributed by atoms with E-state index >= 15 is 0 Å². The predicted molar refractivity (Wildman–Crippen MR) is 141 cm³/mol. The second-order valence-electron chi connectivity index (χ2n) is 8.48. The maximum atomic E-state index is 13.9. The summed E-state index contributed by atoms with van der Waals surface area (Å²) >= 11 is 1.33. The molecule has 0 amide bonds. The highest BCUT2D eigenvalue weighted by Gasteiger charge is 2.34. The highest BCUT2D eigenvalue weighted by molar-refractivity contribution is 7.07. The number of aromatic nitrogens is 2. The Morgan fingerprint density at radius 3 is 2.81 bits per heavy atom. The van der Waals surface area contributed by atoms with Crippen LogP contribution in [0.5, 0.6) is 5.75 Å². The number of carbonyl (C=O) groups excluding carboxylic acids is 1. The predicted octanol–water partition coefficient (Wildman–Crippen LogP) is 4.07. The quantitative estimate of drug-likeness (QED) is 0.387. The molecular formula is C28H27N3O4S. The molecule has 184 valence electrons. The lowest BCUT2D eigenvalue weighted by atomic mass is 9.94. The Hall–Kier alpha value is -3.91. The monoisotopic (exact) mass is 501 g/mol. The first-order valence-electron chi connectivity index (χ1n) is 12.0. The molecule has 1 aliphatic rings. The smallest absolute Gasteiger partial charge is 0.338 e. The van der Waals surface area contributed by atoms with Crippen molar-refractivity contribution < 1.29 is 14.3 Å². The van der Waals surface area contributed by atoms with Crippen LogP contribution in [0.4, 0.5) is 0 Å². The molecule has 2 aromatic heterocycles. The van der Waals surface area contributed by atoms with Crippen molar-refractivity contribution in [3.8, 4) is 5.75 Å². The van der Waals surface area contributed by atoms with E-state index in [4.69, 9.17) is 14.5 Å². The van der Waals surface area contributed by atoms with Crippen molar-refractivity contribution in [3.63, 3.8) is 0 Å². The highest BCUT2D eigenvalue weighted by Crippen LogP contribution is 2.34. The number of H-pyrrole nitrogens is 1. The first-order chi connectivity index (χ1) is 17.5. The maximum Gasteiger partial charge on any atom is 0.338 e. The number of ether oxygens (including phenoxy) is 2. The molecule has 2 aromatic carbocycles. The number of thiazole rings is 1. The molecule has 1 aliphatic heterocycles. The number of hydrogen-bond acceptors (Lipinski definition) is 6. The first-order valence-corrected chi connectivity index (χ1v) is 12.8. The SMILES string of the molecule is CCCC1=C(C(=O)OCC)C(c2cccc(OC)c2)n2c(s/c(=C/c3c[nH]c4ccccc34)c2=O)=N1. The molecule has 0 bridgehead atoms. The van der Waals surface area contributed by atoms with Crippen molar-refractivity contribution >= 4 is 34.3 Å². The number of methoxy groups -OCH3 is 1. The molecule has 0 saturated heterocycles. The van der Waals surface area contributed by atoms with Gasteiger partial charge in [-0.15, -0.1) is 0 Å². The van der Waals surface area contributed by atoms with Gasteiger partial charge in [0.05, 0.1) is 35.6 Å². The van der Waals surface area contributed by atoms with Crippen LogP contribution in [0.15, 0.2) is 75.8 Å². The van der Waals surface area contributed by atoms with Gasteiger partial charge in [0.25, 0.3) is 5.56 Å². The Balaban J connectivity index is 1.77. The summed E-state index contributed by atoms with van der Waals surface area (Å²) in [7, 11) is 1.59. The number of carbonyl (C=O) groups is 1. The Kier molecular flexibility index (Phi) is 6.61. The van der Waals surface area contributed by atoms with Gasteiger partial charge in [0.2, 0.25) is 0 Å². The van der Waals surface area contributed by atoms with E-state index < -0.39 is 12.0 Å². The van der Waals surface area contributed by atoms with Crippen molar-refractivity contribution in [1.29, 1.82) is 0 Å². The Morgan fingerprint density at radius 2 is 2.03 bits per heavy atom. The van der Waals surface area contributed by atoms with E-state index in [1.165, 1.54) is 11.3 Å². The summed E-state index contributed by atoms with van der Waals surface area (Å²) in [5.41, 5.74) is 3.55. The minimum Gasteiger partial charge on any atom is -0.497 e. The summed E-state index contributed by atoms with van der Waals surface area (Å²) in [6.45, 7) is 4.05. The van der Waals surface area contributed by atoms with Gasteiger partial charge in [-0.3, -0.25) is 9.36 Å². The number of allylic oxidation sites excluding steroid dienone is 1. The average molecular weight is 502 g/mol. The molecule has 1 atom stereocenters. The minimum atomic E-state index is -0.665. The molecule has 4 aromatic rings. The molecular weight excluding hydrogens is 474 g/mol. The van der Waals surface area contributed by atoms with E-state index in [0.717, 1.165) is 28.5 Å². The molecule has 0 aliphatic carbocycles. The van der Waals surface area contributed by atoms with Gasteiger partial charge in [-0.2, -0.15) is 0 Å². The van der Waals surface area contributed by atoms with Crippen LogP contribution in [-0.4, -0.2) is 29.2 Å². The molecule has 7 nitrogen and oxygen atoms in total. The topological polar surface area (TPSA) is 85.7 Å². The third-order valence-corrected chi connectivity index (χ3v) is 7.19. The number of aromatic amines is 1. The summed E-state index contributed by atoms with van der Waals surface area (Å²) in [5, 5.41) is 1.03. The van der Waals surface area contributed by atoms with Crippen molar-refractivity contribution in [2.75, 3.05) is 13.7 Å². The van der Waals surface area contributed by atoms with E-state index in [0.29, 0.717) is 32.8 Å². The fourth-order valence-corrected chi connectivity index (χ4v) is 5.61. The Labute approximate surface area is 212 Å². The number of nitrogens with one attached hydrogen (secondary N) is 1. The summed E-state index contributed by atoms with van der Waals surface area (Å²) in [6.07, 6.45) is 5.19. The van der Waals surface area contributed by atoms with Gasteiger partial charge in [-0.05, 0) is 43.2 Å². The molecule has 1 N–H and O–H groups in total. The van der Waals surface area contributed by atoms with Gasteiger partial charge in [-0.1, -0.05) is 55.0 Å². The summed E-state index contributed by atoms with van der Waals surface area (Å²) in [4.78, 5) is 35.8. The second-order valence-corrected chi connectivity index (χ2v) is 9.49. The van der Waals surface area contributed by atoms with Gasteiger partial charge in [0.1, 0.15) is 5.75 Å². The lowest BCUT2D eigenvalue weighted by Gasteiger charge is -2.26. The Bertz CT molecular complexity index is 1660. The van der Waals surface area contributed by atoms with Crippen LogP contribution >= 0.6 is 11.3 Å². The molecule has 0 fully saturated rings. The number of para-hydroxylation sites is 1. The molecule has 0 spiro atoms. The summed E-state index contributed by atoms with van der Waals surface area (Å²) < 4.78 is 13.1. The van der Waals surface area contributed by atoms with Crippen molar-refractivity contribution in [3.05, 3.63) is 96.8 Å². The fourth-order valence-electron chi connectivity index (χ4n) is 4.60. The second kappa shape index (κ2) is 9.99. The molecule has 0 radical (unpaired) electrons. The van der Waals surface area contributed by atoms with Gasteiger partial charge < -0.3 is 14.5 Å². The number of hydrogen-bond donors (Lipinski definition) is 1. The summed E-state index contributed by atoms with van der Waals surface area (Å²) in [6, 6.07) is 14.8. The minimum absolute atomic E-state index is 0.200. The third-order valence-electron chi connectivity index (χ3n) is 6.21. The molecule has 3 heterocycles. The zero-order valence-corrected chi connectivity index (χ0v) is 21.2. The van der Waals surface area contributed by atoms with Crippen LogP contribution in [0.3, 0.4) is 0 Å². The lowest BCUT2D eigenvalue weighted by molar-refractivity contribution is -0.139. The molecule has 36 heavy (non-hydrogen) atoms. The molecule has 5 rings (SSSR count). The van der Waals surface area contributed by atoms with E-state index in [9.17, 15) is 9.59 Å². The zero-order valence-electron chi connectivity index (χ0n) is 20.4. The highest BCUT2D eigenvalue weighted by atomic mass is 32.1. The number of benzene rings is 2. The maximum absolute atomic E-state index is 13.9. The van der Waals surface area contributed by atoms with E-state index in [2.05, 4.69) is 4.98 Å². The van der Waals surface area contributed by atoms with Crippen LogP contribution in [0, 0.1) is 0 Å². The lowest BCUT2D eigenvalue weighted by Crippen LogP contribution is -2.40. The van der Waals surface area contributed by atoms with E-state index in [1.54, 1.807) is 18.6 Å². The van der Waals surface area contributed by atoms with Crippen LogP contribution in [0.2, 0.25) is 0 Å². The molecule has 1 unspecified atom stereocenters. The molecule has 0 saturated carbocycles. The fraction of sp³-hybridized carbons (Fsp3) is 0.250. The van der Waals surface area contributed by atoms with Crippen molar-refractivity contribution in [2.24, 2.45) is 4.99 Å². The van der Waals surface area contributed by atoms with Crippen LogP contribution in [-0.2, 0) is 9.53 Å². The summed E-state index contributed by atoms with van der Waals surface area (Å²) in [5.74, 6) is 0.189. The van der Waals surface area contributed by atoms with Crippen LogP contribution in [0.25, 0.3) is 17.0 Å². The van der Waals surface area contributed by atoms with Gasteiger partial charge in [0, 0.05) is 22.7 Å². The number of fused-ring (bicyclic) bond motifs is 2. The normalized spacial score (nSPS) is 15.6. The van der Waals surface area contributed by atoms with Crippen molar-refractivity contribution in [1.82, 2.24) is 9.55 Å². The average Bonchev–Trinajstić information content (AvgIpc) is 3.44. The van der Waals surface area contributed by atoms with Gasteiger partial charge >= 0.3 is 5.97 Å². The van der Waals surface area contributed by atoms with Crippen LogP contribution < -0.4 is 19.6 Å². The van der Waals surface area contributed by atoms with Crippen molar-refractivity contribution in [2.45, 2.75) is 32.7 Å². The molecule has 8 heteroatoms. The largest absolute Gasteiger partial charge is 0.497 e. The van der Waals surface area contributed by atoms with Gasteiger partial charge in [0.15, 0.2) is 4.80 Å². The number of nitrogens with zero attached hydrogens (tertiary/aromatic N) is 2. The van der Waals surface area contributed by atoms with Crippen LogP contribution in [0.1, 0.15) is 43.9 Å². The van der Waals surface area contributed by atoms with Gasteiger partial charge in [-0.25, -0.2) is 9.79 Å². The van der Waals surface area contributed by atoms with E-state index in [-0.39, 0.29) is 12.2 Å². The standard InChI is InChI=1S/C28H27N3O4S/c1-4-9-22-24(27(33)35-5-2)25(17-10-8-11-19(14-17)34-3)31-26(32)23(36-28(31)30-22)15-18-16-29-21-13-7-6-12-20(18)21/h6-8,10-16,25,29H,4-5,9H2,1-3H3/b23-15+. The van der Waals surface area contributed by atoms with E-state index in [1.807, 2.05) is 67.7 Å². The Morgan fingerprint density at radius 1 is 1.19 bits per heavy atom. The number of esters is 1. The zero-order chi connectivity index (χ0) is 25.2. The first kappa shape index (κ1) is 23.8. The number of rotatable bonds is 7. The third kappa shape index (κ3) is 4.18.